The molecule has 2 N–H and O–H groups in total. The molecule has 4 rings (SSSR count). The average molecular weight is 344 g/mol. The van der Waals surface area contributed by atoms with Crippen LogP contribution in [0.2, 0.25) is 0 Å². The standard InChI is InChI=1S/C21H20N4O/c1-15-11-20-18(14-26-15)19(9-7-16-8-10-21(22)23-12-16)24-25(20)13-17-5-3-2-4-6-17/h2-6,8,10,12,15H,11,13-14H2,1H3,(H2,22,23)/t15-/m1/s1. The number of nitrogens with two attached hydrogens (primary N) is 1. The lowest BCUT2D eigenvalue weighted by Gasteiger charge is -2.20. The second-order valence-corrected chi connectivity index (χ2v) is 6.46. The molecule has 0 saturated carbocycles. The summed E-state index contributed by atoms with van der Waals surface area (Å²) in [6.07, 6.45) is 2.71. The molecule has 1 aromatic carbocycles. The number of nitrogens with zero attached hydrogens (tertiary/aromatic N) is 3. The third kappa shape index (κ3) is 3.46. The lowest BCUT2D eigenvalue weighted by Crippen LogP contribution is -2.21. The Balaban J connectivity index is 1.69. The molecule has 2 aromatic heterocycles. The molecule has 0 saturated heterocycles. The Morgan fingerprint density at radius 3 is 2.81 bits per heavy atom. The highest BCUT2D eigenvalue weighted by molar-refractivity contribution is 5.46. The number of anilines is 1. The summed E-state index contributed by atoms with van der Waals surface area (Å²) < 4.78 is 7.89. The quantitative estimate of drug-likeness (QED) is 0.726. The number of hydrogen-bond acceptors (Lipinski definition) is 4. The molecule has 0 spiro atoms. The van der Waals surface area contributed by atoms with Gasteiger partial charge in [-0.1, -0.05) is 36.3 Å². The minimum Gasteiger partial charge on any atom is -0.384 e. The van der Waals surface area contributed by atoms with Crippen molar-refractivity contribution >= 4 is 5.82 Å². The molecule has 0 fully saturated rings. The molecule has 5 nitrogen and oxygen atoms in total. The largest absolute Gasteiger partial charge is 0.384 e. The summed E-state index contributed by atoms with van der Waals surface area (Å²) in [6, 6.07) is 14.0. The molecule has 5 heteroatoms. The Morgan fingerprint density at radius 2 is 2.04 bits per heavy atom. The topological polar surface area (TPSA) is 66.0 Å². The van der Waals surface area contributed by atoms with Gasteiger partial charge in [0.05, 0.1) is 19.3 Å². The molecule has 0 amide bonds. The van der Waals surface area contributed by atoms with Gasteiger partial charge in [-0.3, -0.25) is 4.68 Å². The van der Waals surface area contributed by atoms with Crippen LogP contribution in [0.15, 0.2) is 48.7 Å². The van der Waals surface area contributed by atoms with Crippen molar-refractivity contribution in [2.24, 2.45) is 0 Å². The van der Waals surface area contributed by atoms with Crippen molar-refractivity contribution in [2.45, 2.75) is 32.6 Å². The van der Waals surface area contributed by atoms with Crippen molar-refractivity contribution < 1.29 is 4.74 Å². The Morgan fingerprint density at radius 1 is 1.19 bits per heavy atom. The van der Waals surface area contributed by atoms with Gasteiger partial charge >= 0.3 is 0 Å². The van der Waals surface area contributed by atoms with E-state index in [1.165, 1.54) is 11.3 Å². The summed E-state index contributed by atoms with van der Waals surface area (Å²) >= 11 is 0. The number of nitrogen functional groups attached to an aromatic ring is 1. The molecule has 1 atom stereocenters. The van der Waals surface area contributed by atoms with Gasteiger partial charge in [-0.05, 0) is 30.5 Å². The van der Waals surface area contributed by atoms with Crippen LogP contribution in [0.3, 0.4) is 0 Å². The Kier molecular flexibility index (Phi) is 4.42. The van der Waals surface area contributed by atoms with Gasteiger partial charge in [0.1, 0.15) is 11.5 Å². The van der Waals surface area contributed by atoms with E-state index in [-0.39, 0.29) is 6.10 Å². The Bertz CT molecular complexity index is 965. The maximum Gasteiger partial charge on any atom is 0.141 e. The summed E-state index contributed by atoms with van der Waals surface area (Å²) in [7, 11) is 0. The molecule has 0 aliphatic carbocycles. The summed E-state index contributed by atoms with van der Waals surface area (Å²) in [5.41, 5.74) is 10.7. The molecule has 0 radical (unpaired) electrons. The average Bonchev–Trinajstić information content (AvgIpc) is 2.99. The highest BCUT2D eigenvalue weighted by Crippen LogP contribution is 2.24. The molecule has 1 aliphatic rings. The zero-order chi connectivity index (χ0) is 17.9. The number of rotatable bonds is 2. The first-order valence-electron chi connectivity index (χ1n) is 8.66. The third-order valence-electron chi connectivity index (χ3n) is 4.45. The Hall–Kier alpha value is -3.10. The van der Waals surface area contributed by atoms with E-state index in [1.807, 2.05) is 24.3 Å². The molecule has 3 heterocycles. The van der Waals surface area contributed by atoms with Crippen LogP contribution in [0.5, 0.6) is 0 Å². The first-order chi connectivity index (χ1) is 12.7. The predicted molar refractivity (Wildman–Crippen MR) is 100 cm³/mol. The Labute approximate surface area is 152 Å². The molecule has 3 aromatic rings. The lowest BCUT2D eigenvalue weighted by molar-refractivity contribution is 0.0392. The van der Waals surface area contributed by atoms with Crippen LogP contribution in [0.4, 0.5) is 5.82 Å². The smallest absolute Gasteiger partial charge is 0.141 e. The van der Waals surface area contributed by atoms with E-state index < -0.39 is 0 Å². The maximum absolute atomic E-state index is 5.83. The van der Waals surface area contributed by atoms with Gasteiger partial charge < -0.3 is 10.5 Å². The number of fused-ring (bicyclic) bond motifs is 1. The van der Waals surface area contributed by atoms with E-state index in [0.29, 0.717) is 12.4 Å². The van der Waals surface area contributed by atoms with Crippen LogP contribution in [-0.4, -0.2) is 20.9 Å². The molecule has 26 heavy (non-hydrogen) atoms. The van der Waals surface area contributed by atoms with Gasteiger partial charge in [0.25, 0.3) is 0 Å². The van der Waals surface area contributed by atoms with Crippen molar-refractivity contribution in [3.05, 3.63) is 76.7 Å². The first-order valence-corrected chi connectivity index (χ1v) is 8.66. The van der Waals surface area contributed by atoms with E-state index in [2.05, 4.69) is 40.6 Å². The molecule has 1 aliphatic heterocycles. The SMILES string of the molecule is C[C@@H]1Cc2c(c(C#Cc3ccc(N)nc3)nn2Cc2ccccc2)CO1. The number of hydrogen-bond donors (Lipinski definition) is 1. The van der Waals surface area contributed by atoms with Gasteiger partial charge in [0, 0.05) is 29.4 Å². The lowest BCUT2D eigenvalue weighted by atomic mass is 10.1. The number of ether oxygens (including phenoxy) is 1. The van der Waals surface area contributed by atoms with Crippen LogP contribution < -0.4 is 5.73 Å². The summed E-state index contributed by atoms with van der Waals surface area (Å²) in [4.78, 5) is 4.07. The maximum atomic E-state index is 5.83. The van der Waals surface area contributed by atoms with Gasteiger partial charge in [0.15, 0.2) is 0 Å². The second-order valence-electron chi connectivity index (χ2n) is 6.46. The van der Waals surface area contributed by atoms with Crippen LogP contribution in [0.1, 0.15) is 35.0 Å². The monoisotopic (exact) mass is 344 g/mol. The highest BCUT2D eigenvalue weighted by Gasteiger charge is 2.24. The van der Waals surface area contributed by atoms with Crippen LogP contribution >= 0.6 is 0 Å². The summed E-state index contributed by atoms with van der Waals surface area (Å²) in [6.45, 7) is 3.38. The van der Waals surface area contributed by atoms with Crippen molar-refractivity contribution in [1.29, 1.82) is 0 Å². The molecule has 130 valence electrons. The van der Waals surface area contributed by atoms with Crippen LogP contribution in [0.25, 0.3) is 0 Å². The van der Waals surface area contributed by atoms with Crippen molar-refractivity contribution in [1.82, 2.24) is 14.8 Å². The van der Waals surface area contributed by atoms with E-state index in [4.69, 9.17) is 15.6 Å². The van der Waals surface area contributed by atoms with Gasteiger partial charge in [-0.15, -0.1) is 0 Å². The minimum atomic E-state index is 0.191. The fraction of sp³-hybridized carbons (Fsp3) is 0.238. The minimum absolute atomic E-state index is 0.191. The summed E-state index contributed by atoms with van der Waals surface area (Å²) in [5.74, 6) is 6.80. The fourth-order valence-electron chi connectivity index (χ4n) is 3.07. The normalized spacial score (nSPS) is 15.8. The van der Waals surface area contributed by atoms with Crippen LogP contribution in [-0.2, 0) is 24.3 Å². The zero-order valence-electron chi connectivity index (χ0n) is 14.6. The first kappa shape index (κ1) is 16.4. The predicted octanol–water partition coefficient (Wildman–Crippen LogP) is 2.77. The zero-order valence-corrected chi connectivity index (χ0v) is 14.6. The molecule has 0 bridgehead atoms. The number of aromatic nitrogens is 3. The van der Waals surface area contributed by atoms with E-state index in [0.717, 1.165) is 29.8 Å². The van der Waals surface area contributed by atoms with Crippen LogP contribution in [0, 0.1) is 11.8 Å². The van der Waals surface area contributed by atoms with Gasteiger partial charge in [-0.25, -0.2) is 4.98 Å². The van der Waals surface area contributed by atoms with E-state index in [9.17, 15) is 0 Å². The van der Waals surface area contributed by atoms with E-state index in [1.54, 1.807) is 12.3 Å². The number of benzene rings is 1. The second kappa shape index (κ2) is 7.03. The summed E-state index contributed by atoms with van der Waals surface area (Å²) in [5, 5.41) is 4.77. The van der Waals surface area contributed by atoms with E-state index >= 15 is 0 Å². The van der Waals surface area contributed by atoms with Gasteiger partial charge in [-0.2, -0.15) is 5.10 Å². The van der Waals surface area contributed by atoms with Crippen molar-refractivity contribution in [3.8, 4) is 11.8 Å². The fourth-order valence-corrected chi connectivity index (χ4v) is 3.07. The van der Waals surface area contributed by atoms with Gasteiger partial charge in [0.2, 0.25) is 0 Å². The molecular weight excluding hydrogens is 324 g/mol. The third-order valence-corrected chi connectivity index (χ3v) is 4.45. The molecular formula is C21H20N4O. The van der Waals surface area contributed by atoms with Crippen molar-refractivity contribution in [3.63, 3.8) is 0 Å². The highest BCUT2D eigenvalue weighted by atomic mass is 16.5. The van der Waals surface area contributed by atoms with Crippen molar-refractivity contribution in [2.75, 3.05) is 5.73 Å². The number of pyridine rings is 1. The molecule has 0 unspecified atom stereocenters.